The Balaban J connectivity index is 1.44. The summed E-state index contributed by atoms with van der Waals surface area (Å²) >= 11 is 1.88. The summed E-state index contributed by atoms with van der Waals surface area (Å²) in [4.78, 5) is 2.33. The summed E-state index contributed by atoms with van der Waals surface area (Å²) in [7, 11) is 0. The van der Waals surface area contributed by atoms with Crippen molar-refractivity contribution in [3.8, 4) is 0 Å². The Kier molecular flexibility index (Phi) is 5.14. The van der Waals surface area contributed by atoms with Crippen LogP contribution in [-0.4, -0.2) is 0 Å². The summed E-state index contributed by atoms with van der Waals surface area (Å²) in [6.07, 6.45) is 0.964. The van der Waals surface area contributed by atoms with Crippen LogP contribution in [0.25, 0.3) is 20.2 Å². The Labute approximate surface area is 198 Å². The molecule has 5 aromatic carbocycles. The first-order valence-corrected chi connectivity index (χ1v) is 12.1. The van der Waals surface area contributed by atoms with Crippen LogP contribution in [0, 0.1) is 0 Å². The van der Waals surface area contributed by atoms with Gasteiger partial charge < -0.3 is 4.90 Å². The van der Waals surface area contributed by atoms with Crippen molar-refractivity contribution < 1.29 is 0 Å². The highest BCUT2D eigenvalue weighted by atomic mass is 32.1. The SMILES string of the molecule is c1ccc(Cc2ccc3c(c2)sc2ccc(N(c4ccccc4)c4ccccc4)cc23)cc1. The number of thiophene rings is 1. The van der Waals surface area contributed by atoms with Crippen molar-refractivity contribution in [2.45, 2.75) is 6.42 Å². The summed E-state index contributed by atoms with van der Waals surface area (Å²) < 4.78 is 2.67. The number of hydrogen-bond donors (Lipinski definition) is 0. The van der Waals surface area contributed by atoms with Gasteiger partial charge in [-0.05, 0) is 66.1 Å². The summed E-state index contributed by atoms with van der Waals surface area (Å²) in [5.41, 5.74) is 6.20. The fraction of sp³-hybridized carbons (Fsp3) is 0.0323. The minimum Gasteiger partial charge on any atom is -0.310 e. The molecule has 0 N–H and O–H groups in total. The zero-order valence-electron chi connectivity index (χ0n) is 18.2. The van der Waals surface area contributed by atoms with Gasteiger partial charge in [-0.3, -0.25) is 0 Å². The van der Waals surface area contributed by atoms with E-state index in [1.54, 1.807) is 0 Å². The number of anilines is 3. The summed E-state index contributed by atoms with van der Waals surface area (Å²) in [5, 5.41) is 2.64. The number of para-hydroxylation sites is 2. The smallest absolute Gasteiger partial charge is 0.0468 e. The van der Waals surface area contributed by atoms with Crippen LogP contribution in [0.1, 0.15) is 11.1 Å². The number of benzene rings is 5. The lowest BCUT2D eigenvalue weighted by molar-refractivity contribution is 1.20. The van der Waals surface area contributed by atoms with Crippen LogP contribution in [-0.2, 0) is 6.42 Å². The molecule has 0 aliphatic carbocycles. The Bertz CT molecular complexity index is 1480. The van der Waals surface area contributed by atoms with Crippen molar-refractivity contribution >= 4 is 48.6 Å². The van der Waals surface area contributed by atoms with Crippen LogP contribution in [0.5, 0.6) is 0 Å². The van der Waals surface area contributed by atoms with Crippen LogP contribution >= 0.6 is 11.3 Å². The molecule has 6 rings (SSSR count). The lowest BCUT2D eigenvalue weighted by Gasteiger charge is -2.25. The van der Waals surface area contributed by atoms with Gasteiger partial charge in [0.1, 0.15) is 0 Å². The predicted octanol–water partition coefficient (Wildman–Crippen LogP) is 9.12. The fourth-order valence-corrected chi connectivity index (χ4v) is 5.64. The molecule has 0 aliphatic heterocycles. The molecule has 2 heteroatoms. The number of nitrogens with zero attached hydrogens (tertiary/aromatic N) is 1. The minimum atomic E-state index is 0.964. The maximum atomic E-state index is 2.36. The van der Waals surface area contributed by atoms with Crippen LogP contribution in [0.3, 0.4) is 0 Å². The summed E-state index contributed by atoms with van der Waals surface area (Å²) in [5.74, 6) is 0. The van der Waals surface area contributed by atoms with Gasteiger partial charge >= 0.3 is 0 Å². The van der Waals surface area contributed by atoms with Gasteiger partial charge in [0.2, 0.25) is 0 Å². The van der Waals surface area contributed by atoms with Crippen molar-refractivity contribution in [2.24, 2.45) is 0 Å². The van der Waals surface area contributed by atoms with E-state index in [0.717, 1.165) is 17.8 Å². The standard InChI is InChI=1S/C31H23NS/c1-4-10-23(11-5-1)20-24-16-18-28-29-22-27(17-19-30(29)33-31(28)21-24)32(25-12-6-2-7-13-25)26-14-8-3-9-15-26/h1-19,21-22H,20H2. The highest BCUT2D eigenvalue weighted by Crippen LogP contribution is 2.40. The predicted molar refractivity (Wildman–Crippen MR) is 143 cm³/mol. The molecule has 0 atom stereocenters. The molecule has 0 amide bonds. The van der Waals surface area contributed by atoms with E-state index in [9.17, 15) is 0 Å². The topological polar surface area (TPSA) is 3.24 Å². The van der Waals surface area contributed by atoms with Gasteiger partial charge in [-0.1, -0.05) is 78.9 Å². The van der Waals surface area contributed by atoms with Crippen molar-refractivity contribution in [3.05, 3.63) is 139 Å². The van der Waals surface area contributed by atoms with Gasteiger partial charge in [0.05, 0.1) is 0 Å². The first kappa shape index (κ1) is 19.8. The zero-order chi connectivity index (χ0) is 22.0. The third-order valence-electron chi connectivity index (χ3n) is 6.06. The Morgan fingerprint density at radius 3 is 1.76 bits per heavy atom. The number of rotatable bonds is 5. The van der Waals surface area contributed by atoms with Crippen LogP contribution in [0.15, 0.2) is 127 Å². The molecule has 0 aliphatic rings. The average molecular weight is 442 g/mol. The largest absolute Gasteiger partial charge is 0.310 e. The van der Waals surface area contributed by atoms with E-state index < -0.39 is 0 Å². The lowest BCUT2D eigenvalue weighted by Crippen LogP contribution is -2.09. The maximum Gasteiger partial charge on any atom is 0.0468 e. The van der Waals surface area contributed by atoms with Crippen molar-refractivity contribution in [1.82, 2.24) is 0 Å². The van der Waals surface area contributed by atoms with Crippen LogP contribution < -0.4 is 4.90 Å². The highest BCUT2D eigenvalue weighted by Gasteiger charge is 2.14. The molecule has 1 heterocycles. The molecule has 0 radical (unpaired) electrons. The number of fused-ring (bicyclic) bond motifs is 3. The third-order valence-corrected chi connectivity index (χ3v) is 7.19. The quantitative estimate of drug-likeness (QED) is 0.258. The summed E-state index contributed by atoms with van der Waals surface area (Å²) in [6.45, 7) is 0. The molecule has 0 bridgehead atoms. The molecule has 6 aromatic rings. The minimum absolute atomic E-state index is 0.964. The molecule has 0 unspecified atom stereocenters. The summed E-state index contributed by atoms with van der Waals surface area (Å²) in [6, 6.07) is 45.6. The van der Waals surface area contributed by atoms with Crippen molar-refractivity contribution in [1.29, 1.82) is 0 Å². The van der Waals surface area contributed by atoms with Gasteiger partial charge in [0.25, 0.3) is 0 Å². The van der Waals surface area contributed by atoms with E-state index in [1.165, 1.54) is 37.0 Å². The van der Waals surface area contributed by atoms with Gasteiger partial charge in [-0.15, -0.1) is 11.3 Å². The molecule has 33 heavy (non-hydrogen) atoms. The van der Waals surface area contributed by atoms with E-state index in [2.05, 4.69) is 132 Å². The highest BCUT2D eigenvalue weighted by molar-refractivity contribution is 7.25. The maximum absolute atomic E-state index is 2.36. The van der Waals surface area contributed by atoms with E-state index in [-0.39, 0.29) is 0 Å². The fourth-order valence-electron chi connectivity index (χ4n) is 4.49. The monoisotopic (exact) mass is 441 g/mol. The molecule has 158 valence electrons. The normalized spacial score (nSPS) is 11.2. The zero-order valence-corrected chi connectivity index (χ0v) is 19.0. The molecule has 1 nitrogen and oxygen atoms in total. The number of hydrogen-bond acceptors (Lipinski definition) is 2. The van der Waals surface area contributed by atoms with Crippen LogP contribution in [0.4, 0.5) is 17.1 Å². The molecule has 0 saturated heterocycles. The lowest BCUT2D eigenvalue weighted by atomic mass is 10.0. The van der Waals surface area contributed by atoms with Gasteiger partial charge in [-0.25, -0.2) is 0 Å². The van der Waals surface area contributed by atoms with E-state index in [4.69, 9.17) is 0 Å². The van der Waals surface area contributed by atoms with Crippen molar-refractivity contribution in [3.63, 3.8) is 0 Å². The molecular formula is C31H23NS. The van der Waals surface area contributed by atoms with Gasteiger partial charge in [-0.2, -0.15) is 0 Å². The average Bonchev–Trinajstić information content (AvgIpc) is 3.23. The van der Waals surface area contributed by atoms with Gasteiger partial charge in [0.15, 0.2) is 0 Å². The molecule has 1 aromatic heterocycles. The second-order valence-corrected chi connectivity index (χ2v) is 9.37. The Morgan fingerprint density at radius 1 is 0.455 bits per heavy atom. The Hall–Kier alpha value is -3.88. The van der Waals surface area contributed by atoms with Gasteiger partial charge in [0, 0.05) is 37.2 Å². The first-order valence-electron chi connectivity index (χ1n) is 11.2. The van der Waals surface area contributed by atoms with E-state index >= 15 is 0 Å². The second-order valence-electron chi connectivity index (χ2n) is 8.28. The molecular weight excluding hydrogens is 418 g/mol. The molecule has 0 spiro atoms. The Morgan fingerprint density at radius 2 is 1.09 bits per heavy atom. The third kappa shape index (κ3) is 3.90. The molecule has 0 fully saturated rings. The second kappa shape index (κ2) is 8.57. The first-order chi connectivity index (χ1) is 16.3. The molecule has 0 saturated carbocycles. The van der Waals surface area contributed by atoms with E-state index in [1.807, 2.05) is 11.3 Å². The van der Waals surface area contributed by atoms with Crippen molar-refractivity contribution in [2.75, 3.05) is 4.90 Å². The van der Waals surface area contributed by atoms with Crippen LogP contribution in [0.2, 0.25) is 0 Å². The van der Waals surface area contributed by atoms with E-state index in [0.29, 0.717) is 0 Å².